The van der Waals surface area contributed by atoms with Gasteiger partial charge in [0.25, 0.3) is 0 Å². The van der Waals surface area contributed by atoms with Gasteiger partial charge in [0.15, 0.2) is 0 Å². The standard InChI is InChI=1S/C30H30O4/c1-20-18-23(11-14-27(20)32-3)26-13-10-22(16-17-31)29(24-12-15-28(33-4)21(2)19-24)30(26)34-25-8-6-5-7-9-25/h5-15,18-19,31H,16-17H2,1-4H3. The summed E-state index contributed by atoms with van der Waals surface area (Å²) in [7, 11) is 3.36. The average molecular weight is 455 g/mol. The van der Waals surface area contributed by atoms with E-state index in [1.165, 1.54) is 0 Å². The zero-order valence-corrected chi connectivity index (χ0v) is 20.1. The zero-order chi connectivity index (χ0) is 24.1. The number of aliphatic hydroxyl groups excluding tert-OH is 1. The third-order valence-electron chi connectivity index (χ3n) is 5.98. The fraction of sp³-hybridized carbons (Fsp3) is 0.200. The van der Waals surface area contributed by atoms with Gasteiger partial charge in [0.05, 0.1) is 14.2 Å². The van der Waals surface area contributed by atoms with Crippen molar-refractivity contribution in [2.24, 2.45) is 0 Å². The van der Waals surface area contributed by atoms with Crippen LogP contribution in [0.4, 0.5) is 0 Å². The van der Waals surface area contributed by atoms with Crippen LogP contribution in [0.15, 0.2) is 78.9 Å². The lowest BCUT2D eigenvalue weighted by Crippen LogP contribution is -2.00. The van der Waals surface area contributed by atoms with Crippen LogP contribution in [0, 0.1) is 13.8 Å². The van der Waals surface area contributed by atoms with Gasteiger partial charge >= 0.3 is 0 Å². The van der Waals surface area contributed by atoms with E-state index < -0.39 is 0 Å². The maximum Gasteiger partial charge on any atom is 0.143 e. The van der Waals surface area contributed by atoms with Crippen LogP contribution >= 0.6 is 0 Å². The predicted octanol–water partition coefficient (Wildman–Crippen LogP) is 6.98. The number of benzene rings is 4. The van der Waals surface area contributed by atoms with Crippen molar-refractivity contribution in [1.29, 1.82) is 0 Å². The normalized spacial score (nSPS) is 10.7. The summed E-state index contributed by atoms with van der Waals surface area (Å²) < 4.78 is 17.5. The Morgan fingerprint density at radius 3 is 1.91 bits per heavy atom. The van der Waals surface area contributed by atoms with Crippen LogP contribution in [0.25, 0.3) is 22.3 Å². The van der Waals surface area contributed by atoms with E-state index in [0.29, 0.717) is 6.42 Å². The van der Waals surface area contributed by atoms with Gasteiger partial charge in [-0.15, -0.1) is 0 Å². The Hall–Kier alpha value is -3.76. The Morgan fingerprint density at radius 1 is 0.706 bits per heavy atom. The zero-order valence-electron chi connectivity index (χ0n) is 20.1. The molecule has 0 aliphatic carbocycles. The van der Waals surface area contributed by atoms with Gasteiger partial charge in [-0.05, 0) is 84.5 Å². The predicted molar refractivity (Wildman–Crippen MR) is 137 cm³/mol. The summed E-state index contributed by atoms with van der Waals surface area (Å²) in [5.74, 6) is 3.19. The first kappa shape index (κ1) is 23.4. The van der Waals surface area contributed by atoms with E-state index in [2.05, 4.69) is 24.3 Å². The molecule has 0 bridgehead atoms. The van der Waals surface area contributed by atoms with Crippen LogP contribution in [0.2, 0.25) is 0 Å². The molecule has 4 heteroatoms. The average Bonchev–Trinajstić information content (AvgIpc) is 2.85. The molecule has 4 rings (SSSR count). The number of para-hydroxylation sites is 1. The SMILES string of the molecule is COc1ccc(-c2ccc(CCO)c(-c3ccc(OC)c(C)c3)c2Oc2ccccc2)cc1C. The Bertz CT molecular complexity index is 1280. The van der Waals surface area contributed by atoms with Crippen molar-refractivity contribution in [3.05, 3.63) is 95.6 Å². The van der Waals surface area contributed by atoms with Crippen LogP contribution in [0.5, 0.6) is 23.0 Å². The maximum atomic E-state index is 9.81. The second-order valence-corrected chi connectivity index (χ2v) is 8.23. The fourth-order valence-electron chi connectivity index (χ4n) is 4.29. The molecule has 0 aliphatic heterocycles. The van der Waals surface area contributed by atoms with Crippen molar-refractivity contribution in [3.63, 3.8) is 0 Å². The minimum absolute atomic E-state index is 0.0495. The lowest BCUT2D eigenvalue weighted by molar-refractivity contribution is 0.299. The Labute approximate surface area is 201 Å². The molecule has 0 spiro atoms. The number of ether oxygens (including phenoxy) is 3. The summed E-state index contributed by atoms with van der Waals surface area (Å²) in [5, 5.41) is 9.81. The first-order valence-electron chi connectivity index (χ1n) is 11.4. The van der Waals surface area contributed by atoms with Crippen molar-refractivity contribution in [2.45, 2.75) is 20.3 Å². The summed E-state index contributed by atoms with van der Waals surface area (Å²) in [5.41, 5.74) is 7.09. The second kappa shape index (κ2) is 10.4. The molecule has 1 N–H and O–H groups in total. The van der Waals surface area contributed by atoms with Gasteiger partial charge in [0.2, 0.25) is 0 Å². The van der Waals surface area contributed by atoms with Crippen molar-refractivity contribution in [1.82, 2.24) is 0 Å². The topological polar surface area (TPSA) is 47.9 Å². The molecule has 34 heavy (non-hydrogen) atoms. The van der Waals surface area contributed by atoms with Gasteiger partial charge in [-0.2, -0.15) is 0 Å². The molecule has 0 fully saturated rings. The van der Waals surface area contributed by atoms with E-state index in [1.807, 2.05) is 68.4 Å². The highest BCUT2D eigenvalue weighted by atomic mass is 16.5. The van der Waals surface area contributed by atoms with E-state index in [4.69, 9.17) is 14.2 Å². The fourth-order valence-corrected chi connectivity index (χ4v) is 4.29. The number of hydrogen-bond donors (Lipinski definition) is 1. The molecule has 0 saturated heterocycles. The monoisotopic (exact) mass is 454 g/mol. The molecule has 4 aromatic rings. The third kappa shape index (κ3) is 4.78. The summed E-state index contributed by atoms with van der Waals surface area (Å²) in [6.45, 7) is 4.12. The largest absolute Gasteiger partial charge is 0.496 e. The van der Waals surface area contributed by atoms with E-state index >= 15 is 0 Å². The molecule has 0 atom stereocenters. The highest BCUT2D eigenvalue weighted by Gasteiger charge is 2.20. The van der Waals surface area contributed by atoms with Crippen molar-refractivity contribution in [2.75, 3.05) is 20.8 Å². The Morgan fingerprint density at radius 2 is 1.32 bits per heavy atom. The lowest BCUT2D eigenvalue weighted by Gasteiger charge is -2.21. The first-order valence-corrected chi connectivity index (χ1v) is 11.4. The summed E-state index contributed by atoms with van der Waals surface area (Å²) in [4.78, 5) is 0. The smallest absolute Gasteiger partial charge is 0.143 e. The molecule has 0 aromatic heterocycles. The maximum absolute atomic E-state index is 9.81. The molecule has 0 aliphatic rings. The highest BCUT2D eigenvalue weighted by molar-refractivity contribution is 5.86. The van der Waals surface area contributed by atoms with E-state index in [1.54, 1.807) is 14.2 Å². The number of aryl methyl sites for hydroxylation is 2. The molecule has 174 valence electrons. The van der Waals surface area contributed by atoms with Gasteiger partial charge < -0.3 is 19.3 Å². The molecule has 0 radical (unpaired) electrons. The van der Waals surface area contributed by atoms with Gasteiger partial charge in [-0.3, -0.25) is 0 Å². The minimum atomic E-state index is 0.0495. The van der Waals surface area contributed by atoms with Crippen molar-refractivity contribution in [3.8, 4) is 45.3 Å². The van der Waals surface area contributed by atoms with Crippen LogP contribution in [0.3, 0.4) is 0 Å². The lowest BCUT2D eigenvalue weighted by atomic mass is 9.90. The summed E-state index contributed by atoms with van der Waals surface area (Å²) in [6.07, 6.45) is 0.521. The number of rotatable bonds is 8. The number of methoxy groups -OCH3 is 2. The van der Waals surface area contributed by atoms with Crippen LogP contribution < -0.4 is 14.2 Å². The highest BCUT2D eigenvalue weighted by Crippen LogP contribution is 2.45. The molecule has 0 unspecified atom stereocenters. The second-order valence-electron chi connectivity index (χ2n) is 8.23. The van der Waals surface area contributed by atoms with Crippen LogP contribution in [-0.2, 0) is 6.42 Å². The Kier molecular flexibility index (Phi) is 7.19. The van der Waals surface area contributed by atoms with Crippen molar-refractivity contribution < 1.29 is 19.3 Å². The molecule has 0 amide bonds. The van der Waals surface area contributed by atoms with Crippen LogP contribution in [-0.4, -0.2) is 25.9 Å². The van der Waals surface area contributed by atoms with E-state index in [0.717, 1.165) is 61.9 Å². The van der Waals surface area contributed by atoms with Crippen molar-refractivity contribution >= 4 is 0 Å². The van der Waals surface area contributed by atoms with Gasteiger partial charge in [-0.25, -0.2) is 0 Å². The minimum Gasteiger partial charge on any atom is -0.496 e. The quantitative estimate of drug-likeness (QED) is 0.312. The molecule has 0 heterocycles. The van der Waals surface area contributed by atoms with Crippen LogP contribution in [0.1, 0.15) is 16.7 Å². The first-order chi connectivity index (χ1) is 16.5. The van der Waals surface area contributed by atoms with E-state index in [-0.39, 0.29) is 6.61 Å². The summed E-state index contributed by atoms with van der Waals surface area (Å²) in [6, 6.07) is 26.2. The van der Waals surface area contributed by atoms with E-state index in [9.17, 15) is 5.11 Å². The summed E-state index contributed by atoms with van der Waals surface area (Å²) >= 11 is 0. The number of hydrogen-bond acceptors (Lipinski definition) is 4. The third-order valence-corrected chi connectivity index (χ3v) is 5.98. The molecule has 0 saturated carbocycles. The molecule has 4 nitrogen and oxygen atoms in total. The van der Waals surface area contributed by atoms with Gasteiger partial charge in [-0.1, -0.05) is 42.5 Å². The molecule has 4 aromatic carbocycles. The number of aliphatic hydroxyl groups is 1. The van der Waals surface area contributed by atoms with Gasteiger partial charge in [0, 0.05) is 17.7 Å². The Balaban J connectivity index is 1.99. The van der Waals surface area contributed by atoms with Gasteiger partial charge in [0.1, 0.15) is 23.0 Å². The molecular formula is C30H30O4. The molecular weight excluding hydrogens is 424 g/mol.